The zero-order valence-electron chi connectivity index (χ0n) is 18.7. The van der Waals surface area contributed by atoms with Gasteiger partial charge >= 0.3 is 0 Å². The van der Waals surface area contributed by atoms with Crippen LogP contribution in [0.2, 0.25) is 0 Å². The third-order valence-corrected chi connectivity index (χ3v) is 3.95. The summed E-state index contributed by atoms with van der Waals surface area (Å²) in [7, 11) is 1.67. The molecule has 0 saturated heterocycles. The predicted octanol–water partition coefficient (Wildman–Crippen LogP) is 3.71. The van der Waals surface area contributed by atoms with Gasteiger partial charge in [-0.25, -0.2) is 0 Å². The van der Waals surface area contributed by atoms with Crippen molar-refractivity contribution in [2.75, 3.05) is 53.4 Å². The SMILES string of the molecule is COCC(C)OCC(C)OCC(C)OCC(C)OCCOCCCC(C)C. The van der Waals surface area contributed by atoms with Gasteiger partial charge in [-0.1, -0.05) is 13.8 Å². The van der Waals surface area contributed by atoms with E-state index in [1.807, 2.05) is 27.7 Å². The molecule has 4 atom stereocenters. The van der Waals surface area contributed by atoms with E-state index in [0.717, 1.165) is 18.9 Å². The van der Waals surface area contributed by atoms with Crippen molar-refractivity contribution in [2.45, 2.75) is 78.8 Å². The Kier molecular flexibility index (Phi) is 17.7. The van der Waals surface area contributed by atoms with Crippen LogP contribution < -0.4 is 0 Å². The average Bonchev–Trinajstić information content (AvgIpc) is 2.62. The van der Waals surface area contributed by atoms with Crippen molar-refractivity contribution in [3.63, 3.8) is 0 Å². The van der Waals surface area contributed by atoms with Crippen LogP contribution in [0.25, 0.3) is 0 Å². The first-order valence-corrected chi connectivity index (χ1v) is 10.4. The Bertz CT molecular complexity index is 313. The van der Waals surface area contributed by atoms with Gasteiger partial charge in [-0.2, -0.15) is 0 Å². The Morgan fingerprint density at radius 2 is 1.04 bits per heavy atom. The molecule has 0 radical (unpaired) electrons. The van der Waals surface area contributed by atoms with Crippen LogP contribution in [0.3, 0.4) is 0 Å². The van der Waals surface area contributed by atoms with Crippen LogP contribution in [-0.4, -0.2) is 77.8 Å². The monoisotopic (exact) mass is 392 g/mol. The molecule has 27 heavy (non-hydrogen) atoms. The summed E-state index contributed by atoms with van der Waals surface area (Å²) in [5.74, 6) is 0.739. The lowest BCUT2D eigenvalue weighted by Crippen LogP contribution is -2.28. The van der Waals surface area contributed by atoms with Crippen LogP contribution in [0.4, 0.5) is 0 Å². The van der Waals surface area contributed by atoms with E-state index in [1.54, 1.807) is 7.11 Å². The van der Waals surface area contributed by atoms with E-state index in [1.165, 1.54) is 6.42 Å². The van der Waals surface area contributed by atoms with E-state index in [-0.39, 0.29) is 24.4 Å². The van der Waals surface area contributed by atoms with Crippen LogP contribution >= 0.6 is 0 Å². The maximum absolute atomic E-state index is 5.79. The lowest BCUT2D eigenvalue weighted by molar-refractivity contribution is -0.0931. The summed E-state index contributed by atoms with van der Waals surface area (Å²) in [6, 6.07) is 0. The number of ether oxygens (including phenoxy) is 6. The molecule has 0 heterocycles. The van der Waals surface area contributed by atoms with E-state index >= 15 is 0 Å². The minimum absolute atomic E-state index is 0.0159. The van der Waals surface area contributed by atoms with Gasteiger partial charge in [-0.3, -0.25) is 0 Å². The standard InChI is InChI=1S/C21H44O6/c1-17(2)9-8-10-23-11-12-24-19(4)14-26-21(6)16-27-20(5)15-25-18(3)13-22-7/h17-21H,8-16H2,1-7H3. The summed E-state index contributed by atoms with van der Waals surface area (Å²) >= 11 is 0. The average molecular weight is 393 g/mol. The zero-order valence-corrected chi connectivity index (χ0v) is 18.7. The summed E-state index contributed by atoms with van der Waals surface area (Å²) in [5.41, 5.74) is 0. The molecule has 0 bridgehead atoms. The molecule has 0 aromatic rings. The summed E-state index contributed by atoms with van der Waals surface area (Å²) in [5, 5.41) is 0. The summed E-state index contributed by atoms with van der Waals surface area (Å²) in [4.78, 5) is 0. The van der Waals surface area contributed by atoms with E-state index < -0.39 is 0 Å². The second-order valence-electron chi connectivity index (χ2n) is 7.72. The van der Waals surface area contributed by atoms with Gasteiger partial charge < -0.3 is 28.4 Å². The van der Waals surface area contributed by atoms with E-state index in [4.69, 9.17) is 28.4 Å². The van der Waals surface area contributed by atoms with E-state index in [0.29, 0.717) is 39.6 Å². The maximum atomic E-state index is 5.79. The molecule has 164 valence electrons. The van der Waals surface area contributed by atoms with Crippen molar-refractivity contribution >= 4 is 0 Å². The van der Waals surface area contributed by atoms with Crippen molar-refractivity contribution in [1.82, 2.24) is 0 Å². The van der Waals surface area contributed by atoms with E-state index in [9.17, 15) is 0 Å². The quantitative estimate of drug-likeness (QED) is 0.312. The molecule has 0 aliphatic heterocycles. The van der Waals surface area contributed by atoms with E-state index in [2.05, 4.69) is 13.8 Å². The first-order valence-electron chi connectivity index (χ1n) is 10.4. The van der Waals surface area contributed by atoms with Gasteiger partial charge in [0.2, 0.25) is 0 Å². The summed E-state index contributed by atoms with van der Waals surface area (Å²) in [6.45, 7) is 16.7. The largest absolute Gasteiger partial charge is 0.382 e. The Hall–Kier alpha value is -0.240. The first kappa shape index (κ1) is 26.8. The van der Waals surface area contributed by atoms with Crippen LogP contribution in [-0.2, 0) is 28.4 Å². The third kappa shape index (κ3) is 18.9. The van der Waals surface area contributed by atoms with Gasteiger partial charge in [0, 0.05) is 13.7 Å². The fourth-order valence-electron chi connectivity index (χ4n) is 2.33. The molecule has 4 unspecified atom stereocenters. The number of rotatable bonds is 19. The fourth-order valence-corrected chi connectivity index (χ4v) is 2.33. The molecule has 0 spiro atoms. The number of hydrogen-bond acceptors (Lipinski definition) is 6. The molecule has 6 heteroatoms. The molecule has 0 fully saturated rings. The van der Waals surface area contributed by atoms with Crippen molar-refractivity contribution in [2.24, 2.45) is 5.92 Å². The highest BCUT2D eigenvalue weighted by Gasteiger charge is 2.11. The van der Waals surface area contributed by atoms with Gasteiger partial charge in [-0.05, 0) is 46.5 Å². The molecule has 0 aliphatic rings. The molecule has 0 rings (SSSR count). The van der Waals surface area contributed by atoms with Crippen LogP contribution in [0.15, 0.2) is 0 Å². The lowest BCUT2D eigenvalue weighted by Gasteiger charge is -2.21. The van der Waals surface area contributed by atoms with Crippen molar-refractivity contribution < 1.29 is 28.4 Å². The van der Waals surface area contributed by atoms with Gasteiger partial charge in [-0.15, -0.1) is 0 Å². The van der Waals surface area contributed by atoms with Crippen molar-refractivity contribution in [3.8, 4) is 0 Å². The molecule has 0 aromatic carbocycles. The van der Waals surface area contributed by atoms with Crippen LogP contribution in [0.1, 0.15) is 54.4 Å². The van der Waals surface area contributed by atoms with Crippen molar-refractivity contribution in [1.29, 1.82) is 0 Å². The normalized spacial score (nSPS) is 16.4. The molecule has 0 aromatic heterocycles. The molecular formula is C21H44O6. The second-order valence-corrected chi connectivity index (χ2v) is 7.72. The summed E-state index contributed by atoms with van der Waals surface area (Å²) < 4.78 is 33.5. The molecule has 0 N–H and O–H groups in total. The second kappa shape index (κ2) is 17.8. The number of hydrogen-bond donors (Lipinski definition) is 0. The van der Waals surface area contributed by atoms with Crippen LogP contribution in [0.5, 0.6) is 0 Å². The Morgan fingerprint density at radius 1 is 0.556 bits per heavy atom. The summed E-state index contributed by atoms with van der Waals surface area (Å²) in [6.07, 6.45) is 2.48. The lowest BCUT2D eigenvalue weighted by atomic mass is 10.1. The molecular weight excluding hydrogens is 348 g/mol. The highest BCUT2D eigenvalue weighted by atomic mass is 16.6. The highest BCUT2D eigenvalue weighted by Crippen LogP contribution is 2.04. The minimum atomic E-state index is 0.0159. The first-order chi connectivity index (χ1) is 12.8. The minimum Gasteiger partial charge on any atom is -0.382 e. The molecule has 0 saturated carbocycles. The van der Waals surface area contributed by atoms with Gasteiger partial charge in [0.25, 0.3) is 0 Å². The van der Waals surface area contributed by atoms with Gasteiger partial charge in [0.05, 0.1) is 64.1 Å². The Labute approximate surface area is 167 Å². The topological polar surface area (TPSA) is 55.4 Å². The van der Waals surface area contributed by atoms with Gasteiger partial charge in [0.15, 0.2) is 0 Å². The van der Waals surface area contributed by atoms with Crippen molar-refractivity contribution in [3.05, 3.63) is 0 Å². The molecule has 0 aliphatic carbocycles. The molecule has 6 nitrogen and oxygen atoms in total. The van der Waals surface area contributed by atoms with Gasteiger partial charge in [0.1, 0.15) is 0 Å². The Morgan fingerprint density at radius 3 is 1.52 bits per heavy atom. The number of methoxy groups -OCH3 is 1. The Balaban J connectivity index is 3.55. The third-order valence-electron chi connectivity index (χ3n) is 3.95. The smallest absolute Gasteiger partial charge is 0.0781 e. The maximum Gasteiger partial charge on any atom is 0.0781 e. The fraction of sp³-hybridized carbons (Fsp3) is 1.00. The highest BCUT2D eigenvalue weighted by molar-refractivity contribution is 4.56. The predicted molar refractivity (Wildman–Crippen MR) is 108 cm³/mol. The zero-order chi connectivity index (χ0) is 20.5. The van der Waals surface area contributed by atoms with Crippen LogP contribution in [0, 0.1) is 5.92 Å². The molecule has 0 amide bonds.